The van der Waals surface area contributed by atoms with Crippen LogP contribution in [0.1, 0.15) is 32.3 Å². The van der Waals surface area contributed by atoms with Crippen LogP contribution in [0.5, 0.6) is 0 Å². The molecule has 0 aromatic heterocycles. The molecule has 1 N–H and O–H groups in total. The Hall–Kier alpha value is -2.88. The number of hydrogen-bond acceptors (Lipinski definition) is 7. The highest BCUT2D eigenvalue weighted by Crippen LogP contribution is 2.47. The number of hydrogen-bond donors (Lipinski definition) is 1. The number of halogens is 1. The summed E-state index contributed by atoms with van der Waals surface area (Å²) in [5.74, 6) is -2.33. The van der Waals surface area contributed by atoms with Crippen molar-refractivity contribution in [1.82, 2.24) is 4.90 Å². The molecular formula is C18H19FN2O6S. The van der Waals surface area contributed by atoms with E-state index in [4.69, 9.17) is 4.74 Å². The Morgan fingerprint density at radius 2 is 1.96 bits per heavy atom. The average Bonchev–Trinajstić information content (AvgIpc) is 2.59. The predicted octanol–water partition coefficient (Wildman–Crippen LogP) is 3.94. The van der Waals surface area contributed by atoms with Gasteiger partial charge in [-0.3, -0.25) is 14.9 Å². The molecule has 150 valence electrons. The molecule has 0 fully saturated rings. The highest BCUT2D eigenvalue weighted by atomic mass is 32.2. The largest absolute Gasteiger partial charge is 0.473 e. The van der Waals surface area contributed by atoms with Gasteiger partial charge in [0.15, 0.2) is 0 Å². The Bertz CT molecular complexity index is 883. The van der Waals surface area contributed by atoms with Crippen molar-refractivity contribution in [2.45, 2.75) is 26.7 Å². The van der Waals surface area contributed by atoms with Gasteiger partial charge in [0.05, 0.1) is 17.2 Å². The molecule has 0 spiro atoms. The number of esters is 1. The van der Waals surface area contributed by atoms with Gasteiger partial charge in [-0.2, -0.15) is 0 Å². The van der Waals surface area contributed by atoms with E-state index in [1.165, 1.54) is 43.0 Å². The summed E-state index contributed by atoms with van der Waals surface area (Å²) in [5, 5.41) is 19.9. The van der Waals surface area contributed by atoms with Crippen molar-refractivity contribution < 1.29 is 28.7 Å². The minimum atomic E-state index is -1.27. The van der Waals surface area contributed by atoms with Crippen LogP contribution in [0.4, 0.5) is 9.18 Å². The summed E-state index contributed by atoms with van der Waals surface area (Å²) in [7, 11) is 0. The Kier molecular flexibility index (Phi) is 6.79. The molecule has 2 rings (SSSR count). The minimum Gasteiger partial charge on any atom is -0.473 e. The fourth-order valence-electron chi connectivity index (χ4n) is 3.14. The molecule has 0 amide bonds. The van der Waals surface area contributed by atoms with Crippen LogP contribution in [0.25, 0.3) is 0 Å². The average molecular weight is 410 g/mol. The van der Waals surface area contributed by atoms with E-state index < -0.39 is 27.9 Å². The van der Waals surface area contributed by atoms with Gasteiger partial charge in [0.25, 0.3) is 5.70 Å². The van der Waals surface area contributed by atoms with Crippen LogP contribution in [0.2, 0.25) is 0 Å². The lowest BCUT2D eigenvalue weighted by Gasteiger charge is -2.34. The van der Waals surface area contributed by atoms with Crippen molar-refractivity contribution in [3.8, 4) is 0 Å². The smallest absolute Gasteiger partial charge is 0.369 e. The van der Waals surface area contributed by atoms with Gasteiger partial charge in [-0.05, 0) is 31.7 Å². The molecule has 0 saturated heterocycles. The summed E-state index contributed by atoms with van der Waals surface area (Å²) in [5.41, 5.74) is 0.368. The van der Waals surface area contributed by atoms with Crippen molar-refractivity contribution in [2.75, 3.05) is 13.2 Å². The first-order valence-corrected chi connectivity index (χ1v) is 9.08. The molecule has 0 bridgehead atoms. The molecule has 10 heteroatoms. The SMILES string of the molecule is CC(=O)OCCN1C(C)=C(SC(=O)O)C(c2ccccc2F)C([N+](=O)[O-])=C1C. The maximum atomic E-state index is 14.5. The van der Waals surface area contributed by atoms with E-state index in [0.717, 1.165) is 0 Å². The molecule has 1 aliphatic rings. The van der Waals surface area contributed by atoms with Crippen LogP contribution >= 0.6 is 11.8 Å². The summed E-state index contributed by atoms with van der Waals surface area (Å²) >= 11 is 0.403. The van der Waals surface area contributed by atoms with Gasteiger partial charge < -0.3 is 14.7 Å². The first-order chi connectivity index (χ1) is 13.1. The third kappa shape index (κ3) is 4.50. The van der Waals surface area contributed by atoms with Gasteiger partial charge in [0.1, 0.15) is 18.3 Å². The number of carbonyl (C=O) groups excluding carboxylic acids is 1. The zero-order valence-corrected chi connectivity index (χ0v) is 16.3. The summed E-state index contributed by atoms with van der Waals surface area (Å²) in [6, 6.07) is 5.57. The first-order valence-electron chi connectivity index (χ1n) is 8.27. The van der Waals surface area contributed by atoms with E-state index in [1.54, 1.807) is 6.92 Å². The number of thioether (sulfide) groups is 1. The zero-order chi connectivity index (χ0) is 21.0. The second kappa shape index (κ2) is 8.87. The third-order valence-corrected chi connectivity index (χ3v) is 5.23. The fraction of sp³-hybridized carbons (Fsp3) is 0.333. The summed E-state index contributed by atoms with van der Waals surface area (Å²) < 4.78 is 19.4. The van der Waals surface area contributed by atoms with Crippen molar-refractivity contribution in [2.24, 2.45) is 0 Å². The Balaban J connectivity index is 2.63. The van der Waals surface area contributed by atoms with Gasteiger partial charge in [0, 0.05) is 23.1 Å². The molecule has 1 aromatic rings. The molecule has 8 nitrogen and oxygen atoms in total. The summed E-state index contributed by atoms with van der Waals surface area (Å²) in [4.78, 5) is 35.3. The standard InChI is InChI=1S/C18H19FN2O6S/c1-10-16(21(25)26)15(13-6-4-5-7-14(13)19)17(28-18(23)24)11(2)20(10)8-9-27-12(3)22/h4-7,15H,8-9H2,1-3H3,(H,23,24). The van der Waals surface area contributed by atoms with Gasteiger partial charge in [0.2, 0.25) is 0 Å². The van der Waals surface area contributed by atoms with Crippen molar-refractivity contribution in [1.29, 1.82) is 0 Å². The zero-order valence-electron chi connectivity index (χ0n) is 15.5. The number of carbonyl (C=O) groups is 2. The summed E-state index contributed by atoms with van der Waals surface area (Å²) in [6.07, 6.45) is 0. The molecule has 1 aliphatic heterocycles. The highest BCUT2D eigenvalue weighted by molar-refractivity contribution is 8.16. The van der Waals surface area contributed by atoms with Crippen molar-refractivity contribution in [3.63, 3.8) is 0 Å². The second-order valence-electron chi connectivity index (χ2n) is 5.99. The molecular weight excluding hydrogens is 391 g/mol. The number of nitro groups is 1. The molecule has 28 heavy (non-hydrogen) atoms. The van der Waals surface area contributed by atoms with Gasteiger partial charge in [-0.25, -0.2) is 9.18 Å². The number of ether oxygens (including phenoxy) is 1. The molecule has 1 atom stereocenters. The van der Waals surface area contributed by atoms with Gasteiger partial charge in [-0.1, -0.05) is 18.2 Å². The molecule has 0 radical (unpaired) electrons. The highest BCUT2D eigenvalue weighted by Gasteiger charge is 2.42. The van der Waals surface area contributed by atoms with Crippen LogP contribution in [0, 0.1) is 15.9 Å². The lowest BCUT2D eigenvalue weighted by atomic mass is 9.90. The predicted molar refractivity (Wildman–Crippen MR) is 100 cm³/mol. The van der Waals surface area contributed by atoms with Crippen LogP contribution in [-0.2, 0) is 9.53 Å². The number of nitrogens with zero attached hydrogens (tertiary/aromatic N) is 2. The molecule has 1 heterocycles. The van der Waals surface area contributed by atoms with E-state index in [-0.39, 0.29) is 35.0 Å². The van der Waals surface area contributed by atoms with Crippen LogP contribution in [0.15, 0.2) is 46.3 Å². The Labute approximate surface area is 164 Å². The topological polar surface area (TPSA) is 110 Å². The van der Waals surface area contributed by atoms with E-state index in [2.05, 4.69) is 0 Å². The monoisotopic (exact) mass is 410 g/mol. The number of carboxylic acid groups (broad SMARTS) is 1. The molecule has 1 unspecified atom stereocenters. The van der Waals surface area contributed by atoms with Crippen LogP contribution < -0.4 is 0 Å². The Morgan fingerprint density at radius 1 is 1.32 bits per heavy atom. The normalized spacial score (nSPS) is 17.0. The van der Waals surface area contributed by atoms with Crippen molar-refractivity contribution in [3.05, 3.63) is 67.8 Å². The van der Waals surface area contributed by atoms with Gasteiger partial charge in [-0.15, -0.1) is 0 Å². The maximum Gasteiger partial charge on any atom is 0.369 e. The summed E-state index contributed by atoms with van der Waals surface area (Å²) in [6.45, 7) is 4.41. The Morgan fingerprint density at radius 3 is 2.50 bits per heavy atom. The van der Waals surface area contributed by atoms with E-state index in [9.17, 15) is 29.2 Å². The van der Waals surface area contributed by atoms with Crippen molar-refractivity contribution >= 4 is 23.0 Å². The number of rotatable bonds is 6. The quantitative estimate of drug-likeness (QED) is 0.427. The van der Waals surface area contributed by atoms with Gasteiger partial charge >= 0.3 is 11.3 Å². The van der Waals surface area contributed by atoms with Crippen LogP contribution in [-0.4, -0.2) is 39.4 Å². The minimum absolute atomic E-state index is 0.0243. The lowest BCUT2D eigenvalue weighted by Crippen LogP contribution is -2.34. The van der Waals surface area contributed by atoms with E-state index in [0.29, 0.717) is 17.5 Å². The second-order valence-corrected chi connectivity index (χ2v) is 6.98. The molecule has 0 aliphatic carbocycles. The maximum absolute atomic E-state index is 14.5. The molecule has 0 saturated carbocycles. The third-order valence-electron chi connectivity index (χ3n) is 4.30. The van der Waals surface area contributed by atoms with E-state index >= 15 is 0 Å². The fourth-order valence-corrected chi connectivity index (χ4v) is 3.95. The molecule has 1 aromatic carbocycles. The lowest BCUT2D eigenvalue weighted by molar-refractivity contribution is -0.431. The van der Waals surface area contributed by atoms with Crippen LogP contribution in [0.3, 0.4) is 0 Å². The van der Waals surface area contributed by atoms with E-state index in [1.807, 2.05) is 0 Å². The first kappa shape index (κ1) is 21.4. The number of allylic oxidation sites excluding steroid dienone is 3. The number of benzene rings is 1.